The highest BCUT2D eigenvalue weighted by Crippen LogP contribution is 2.38. The van der Waals surface area contributed by atoms with Crippen LogP contribution < -0.4 is 5.32 Å². The SMILES string of the molecule is C[C@H](NCc1nc(C2CC2)no1)[C@@H](C)n1cccn1. The lowest BCUT2D eigenvalue weighted by atomic mass is 10.2. The van der Waals surface area contributed by atoms with Crippen LogP contribution in [0.5, 0.6) is 0 Å². The fourth-order valence-electron chi connectivity index (χ4n) is 2.02. The van der Waals surface area contributed by atoms with Crippen molar-refractivity contribution in [1.29, 1.82) is 0 Å². The van der Waals surface area contributed by atoms with Crippen molar-refractivity contribution in [2.75, 3.05) is 0 Å². The van der Waals surface area contributed by atoms with Gasteiger partial charge in [-0.2, -0.15) is 10.1 Å². The monoisotopic (exact) mass is 261 g/mol. The second-order valence-electron chi connectivity index (χ2n) is 5.22. The maximum Gasteiger partial charge on any atom is 0.240 e. The summed E-state index contributed by atoms with van der Waals surface area (Å²) in [6, 6.07) is 2.49. The van der Waals surface area contributed by atoms with Crippen LogP contribution in [0.2, 0.25) is 0 Å². The van der Waals surface area contributed by atoms with Crippen LogP contribution in [0.25, 0.3) is 0 Å². The van der Waals surface area contributed by atoms with Gasteiger partial charge in [0.1, 0.15) is 0 Å². The van der Waals surface area contributed by atoms with Gasteiger partial charge in [-0.25, -0.2) is 0 Å². The summed E-state index contributed by atoms with van der Waals surface area (Å²) in [6.45, 7) is 4.87. The summed E-state index contributed by atoms with van der Waals surface area (Å²) >= 11 is 0. The van der Waals surface area contributed by atoms with E-state index < -0.39 is 0 Å². The Morgan fingerprint density at radius 3 is 3.00 bits per heavy atom. The molecule has 0 aliphatic heterocycles. The number of nitrogens with one attached hydrogen (secondary N) is 1. The van der Waals surface area contributed by atoms with Crippen molar-refractivity contribution in [3.8, 4) is 0 Å². The van der Waals surface area contributed by atoms with Crippen molar-refractivity contribution in [2.45, 2.75) is 51.2 Å². The Balaban J connectivity index is 1.53. The van der Waals surface area contributed by atoms with Gasteiger partial charge >= 0.3 is 0 Å². The fourth-order valence-corrected chi connectivity index (χ4v) is 2.02. The fraction of sp³-hybridized carbons (Fsp3) is 0.615. The van der Waals surface area contributed by atoms with Gasteiger partial charge in [0.05, 0.1) is 12.6 Å². The third-order valence-corrected chi connectivity index (χ3v) is 3.67. The number of nitrogens with zero attached hydrogens (tertiary/aromatic N) is 4. The average Bonchev–Trinajstić information content (AvgIpc) is 2.96. The molecule has 2 aromatic heterocycles. The largest absolute Gasteiger partial charge is 0.338 e. The highest BCUT2D eigenvalue weighted by Gasteiger charge is 2.28. The van der Waals surface area contributed by atoms with Gasteiger partial charge in [-0.1, -0.05) is 5.16 Å². The summed E-state index contributed by atoms with van der Waals surface area (Å²) in [5.41, 5.74) is 0. The molecule has 0 amide bonds. The van der Waals surface area contributed by atoms with Crippen LogP contribution in [0.15, 0.2) is 23.0 Å². The zero-order chi connectivity index (χ0) is 13.2. The van der Waals surface area contributed by atoms with Crippen molar-refractivity contribution in [3.05, 3.63) is 30.2 Å². The van der Waals surface area contributed by atoms with Crippen LogP contribution >= 0.6 is 0 Å². The summed E-state index contributed by atoms with van der Waals surface area (Å²) in [5, 5.41) is 11.7. The molecule has 1 N–H and O–H groups in total. The molecule has 3 rings (SSSR count). The van der Waals surface area contributed by atoms with Crippen LogP contribution in [-0.2, 0) is 6.54 Å². The minimum Gasteiger partial charge on any atom is -0.338 e. The molecule has 6 heteroatoms. The molecule has 0 radical (unpaired) electrons. The molecule has 2 atom stereocenters. The smallest absolute Gasteiger partial charge is 0.240 e. The predicted molar refractivity (Wildman–Crippen MR) is 69.5 cm³/mol. The van der Waals surface area contributed by atoms with Gasteiger partial charge in [-0.15, -0.1) is 0 Å². The van der Waals surface area contributed by atoms with E-state index in [0.29, 0.717) is 18.4 Å². The van der Waals surface area contributed by atoms with Gasteiger partial charge in [0.25, 0.3) is 0 Å². The van der Waals surface area contributed by atoms with Crippen LogP contribution in [-0.4, -0.2) is 26.0 Å². The molecule has 0 bridgehead atoms. The lowest BCUT2D eigenvalue weighted by molar-refractivity contribution is 0.323. The molecular formula is C13H19N5O. The van der Waals surface area contributed by atoms with Crippen molar-refractivity contribution in [1.82, 2.24) is 25.2 Å². The summed E-state index contributed by atoms with van der Waals surface area (Å²) in [6.07, 6.45) is 6.15. The van der Waals surface area contributed by atoms with Gasteiger partial charge in [-0.05, 0) is 32.8 Å². The molecule has 1 fully saturated rings. The first-order valence-corrected chi connectivity index (χ1v) is 6.79. The predicted octanol–water partition coefficient (Wildman–Crippen LogP) is 1.88. The summed E-state index contributed by atoms with van der Waals surface area (Å²) in [5.74, 6) is 2.07. The molecule has 19 heavy (non-hydrogen) atoms. The number of rotatable bonds is 6. The maximum atomic E-state index is 5.24. The highest BCUT2D eigenvalue weighted by atomic mass is 16.5. The Morgan fingerprint density at radius 1 is 1.47 bits per heavy atom. The van der Waals surface area contributed by atoms with Crippen LogP contribution in [0, 0.1) is 0 Å². The third-order valence-electron chi connectivity index (χ3n) is 3.67. The van der Waals surface area contributed by atoms with Gasteiger partial charge in [-0.3, -0.25) is 4.68 Å². The van der Waals surface area contributed by atoms with Gasteiger partial charge in [0, 0.05) is 24.4 Å². The van der Waals surface area contributed by atoms with E-state index in [9.17, 15) is 0 Å². The van der Waals surface area contributed by atoms with E-state index in [2.05, 4.69) is 34.4 Å². The first kappa shape index (κ1) is 12.3. The lowest BCUT2D eigenvalue weighted by Gasteiger charge is -2.20. The van der Waals surface area contributed by atoms with Crippen molar-refractivity contribution < 1.29 is 4.52 Å². The topological polar surface area (TPSA) is 68.8 Å². The molecular weight excluding hydrogens is 242 g/mol. The van der Waals surface area contributed by atoms with E-state index in [-0.39, 0.29) is 12.1 Å². The van der Waals surface area contributed by atoms with Crippen molar-refractivity contribution in [3.63, 3.8) is 0 Å². The molecule has 2 aromatic rings. The van der Waals surface area contributed by atoms with E-state index >= 15 is 0 Å². The zero-order valence-corrected chi connectivity index (χ0v) is 11.3. The first-order chi connectivity index (χ1) is 9.24. The van der Waals surface area contributed by atoms with Gasteiger partial charge in [0.2, 0.25) is 5.89 Å². The molecule has 0 aromatic carbocycles. The normalized spacial score (nSPS) is 18.4. The molecule has 1 aliphatic rings. The molecule has 0 spiro atoms. The lowest BCUT2D eigenvalue weighted by Crippen LogP contribution is -2.33. The Hall–Kier alpha value is -1.69. The minimum atomic E-state index is 0.274. The van der Waals surface area contributed by atoms with Gasteiger partial charge in [0.15, 0.2) is 5.82 Å². The van der Waals surface area contributed by atoms with Crippen LogP contribution in [0.1, 0.15) is 50.4 Å². The standard InChI is InChI=1S/C13H19N5O/c1-9(10(2)18-7-3-6-15-18)14-8-12-16-13(17-19-12)11-4-5-11/h3,6-7,9-11,14H,4-5,8H2,1-2H3/t9-,10+/m0/s1. The van der Waals surface area contributed by atoms with Crippen LogP contribution in [0.4, 0.5) is 0 Å². The molecule has 0 saturated heterocycles. The van der Waals surface area contributed by atoms with E-state index in [1.165, 1.54) is 12.8 Å². The number of aromatic nitrogens is 4. The second kappa shape index (κ2) is 5.13. The Labute approximate surface area is 112 Å². The summed E-state index contributed by atoms with van der Waals surface area (Å²) < 4.78 is 7.19. The van der Waals surface area contributed by atoms with Crippen molar-refractivity contribution >= 4 is 0 Å². The summed E-state index contributed by atoms with van der Waals surface area (Å²) in [7, 11) is 0. The van der Waals surface area contributed by atoms with E-state index in [4.69, 9.17) is 4.52 Å². The molecule has 0 unspecified atom stereocenters. The Morgan fingerprint density at radius 2 is 2.32 bits per heavy atom. The first-order valence-electron chi connectivity index (χ1n) is 6.79. The number of hydrogen-bond acceptors (Lipinski definition) is 5. The third kappa shape index (κ3) is 2.84. The Bertz CT molecular complexity index is 517. The van der Waals surface area contributed by atoms with Crippen molar-refractivity contribution in [2.24, 2.45) is 0 Å². The molecule has 1 aliphatic carbocycles. The maximum absolute atomic E-state index is 5.24. The van der Waals surface area contributed by atoms with E-state index in [1.807, 2.05) is 16.9 Å². The molecule has 6 nitrogen and oxygen atoms in total. The number of hydrogen-bond donors (Lipinski definition) is 1. The second-order valence-corrected chi connectivity index (χ2v) is 5.22. The highest BCUT2D eigenvalue weighted by molar-refractivity contribution is 5.03. The van der Waals surface area contributed by atoms with Gasteiger partial charge < -0.3 is 9.84 Å². The average molecular weight is 261 g/mol. The quantitative estimate of drug-likeness (QED) is 0.860. The molecule has 2 heterocycles. The zero-order valence-electron chi connectivity index (χ0n) is 11.3. The Kier molecular flexibility index (Phi) is 3.33. The molecule has 102 valence electrons. The minimum absolute atomic E-state index is 0.274. The summed E-state index contributed by atoms with van der Waals surface area (Å²) in [4.78, 5) is 4.40. The van der Waals surface area contributed by atoms with E-state index in [0.717, 1.165) is 5.82 Å². The molecule has 1 saturated carbocycles. The van der Waals surface area contributed by atoms with Crippen LogP contribution in [0.3, 0.4) is 0 Å². The van der Waals surface area contributed by atoms with E-state index in [1.54, 1.807) is 6.20 Å².